The minimum atomic E-state index is -0.494. The number of aldehydes is 1. The van der Waals surface area contributed by atoms with Gasteiger partial charge in [-0.2, -0.15) is 0 Å². The fraction of sp³-hybridized carbons (Fsp3) is 0.231. The lowest BCUT2D eigenvalue weighted by Crippen LogP contribution is -2.27. The van der Waals surface area contributed by atoms with Crippen molar-refractivity contribution in [2.45, 2.75) is 19.4 Å². The van der Waals surface area contributed by atoms with E-state index in [-0.39, 0.29) is 47.7 Å². The number of rotatable bonds is 11. The van der Waals surface area contributed by atoms with Gasteiger partial charge in [0.15, 0.2) is 18.6 Å². The van der Waals surface area contributed by atoms with E-state index in [0.717, 1.165) is 0 Å². The van der Waals surface area contributed by atoms with Crippen molar-refractivity contribution in [3.8, 4) is 23.0 Å². The van der Waals surface area contributed by atoms with E-state index in [1.54, 1.807) is 36.4 Å². The Morgan fingerprint density at radius 1 is 1.06 bits per heavy atom. The third kappa shape index (κ3) is 5.46. The molecule has 0 amide bonds. The van der Waals surface area contributed by atoms with Gasteiger partial charge >= 0.3 is 0 Å². The number of carbonyl (C=O) groups is 2. The van der Waals surface area contributed by atoms with Crippen LogP contribution in [0.2, 0.25) is 5.02 Å². The van der Waals surface area contributed by atoms with Gasteiger partial charge in [0.2, 0.25) is 5.78 Å². The van der Waals surface area contributed by atoms with Crippen LogP contribution in [0.15, 0.2) is 55.7 Å². The molecule has 33 heavy (non-hydrogen) atoms. The first-order chi connectivity index (χ1) is 15.8. The van der Waals surface area contributed by atoms with Gasteiger partial charge in [-0.05, 0) is 50.3 Å². The van der Waals surface area contributed by atoms with Gasteiger partial charge in [-0.1, -0.05) is 36.9 Å². The summed E-state index contributed by atoms with van der Waals surface area (Å²) in [6.45, 7) is 11.1. The standard InChI is InChI=1S/C26H25ClO6/c1-5-13-30-22-10-8-18(25(23(22)27)31-14-6-2)20(29)16-32-24-17(15-28)7-9-21-19(24)11-12-26(3,4)33-21/h5-12,15H,1-2,13-14,16H2,3-4H3. The summed E-state index contributed by atoms with van der Waals surface area (Å²) in [4.78, 5) is 24.7. The third-order valence-electron chi connectivity index (χ3n) is 4.75. The number of Topliss-reactive ketones (excluding diaryl/α,β-unsaturated/α-hetero) is 1. The van der Waals surface area contributed by atoms with E-state index < -0.39 is 5.60 Å². The fourth-order valence-electron chi connectivity index (χ4n) is 3.22. The Kier molecular flexibility index (Phi) is 7.61. The van der Waals surface area contributed by atoms with Gasteiger partial charge < -0.3 is 18.9 Å². The molecule has 0 radical (unpaired) electrons. The highest BCUT2D eigenvalue weighted by atomic mass is 35.5. The van der Waals surface area contributed by atoms with Crippen molar-refractivity contribution in [3.05, 3.63) is 77.4 Å². The molecule has 3 rings (SSSR count). The van der Waals surface area contributed by atoms with Crippen molar-refractivity contribution in [1.82, 2.24) is 0 Å². The first kappa shape index (κ1) is 24.1. The Hall–Kier alpha value is -3.51. The van der Waals surface area contributed by atoms with E-state index in [0.29, 0.717) is 28.9 Å². The van der Waals surface area contributed by atoms with Crippen molar-refractivity contribution >= 4 is 29.7 Å². The molecule has 2 aromatic carbocycles. The van der Waals surface area contributed by atoms with Crippen LogP contribution < -0.4 is 18.9 Å². The van der Waals surface area contributed by atoms with E-state index in [9.17, 15) is 9.59 Å². The normalized spacial score (nSPS) is 13.3. The second-order valence-corrected chi connectivity index (χ2v) is 8.10. The Balaban J connectivity index is 1.89. The van der Waals surface area contributed by atoms with E-state index in [1.807, 2.05) is 26.0 Å². The molecule has 0 unspecified atom stereocenters. The average molecular weight is 469 g/mol. The number of benzene rings is 2. The fourth-order valence-corrected chi connectivity index (χ4v) is 3.49. The predicted octanol–water partition coefficient (Wildman–Crippen LogP) is 5.73. The number of ketones is 1. The molecule has 0 saturated heterocycles. The highest BCUT2D eigenvalue weighted by Crippen LogP contribution is 2.40. The average Bonchev–Trinajstić information content (AvgIpc) is 2.79. The summed E-state index contributed by atoms with van der Waals surface area (Å²) in [5.41, 5.74) is 0.634. The van der Waals surface area contributed by atoms with Crippen molar-refractivity contribution in [3.63, 3.8) is 0 Å². The lowest BCUT2D eigenvalue weighted by atomic mass is 10.00. The van der Waals surface area contributed by atoms with Gasteiger partial charge in [0.25, 0.3) is 0 Å². The molecule has 0 bridgehead atoms. The largest absolute Gasteiger partial charge is 0.488 e. The molecular weight excluding hydrogens is 444 g/mol. The van der Waals surface area contributed by atoms with Gasteiger partial charge in [-0.3, -0.25) is 9.59 Å². The maximum atomic E-state index is 13.1. The van der Waals surface area contributed by atoms with Gasteiger partial charge in [0.05, 0.1) is 16.7 Å². The van der Waals surface area contributed by atoms with E-state index in [2.05, 4.69) is 13.2 Å². The van der Waals surface area contributed by atoms with Crippen LogP contribution in [0.25, 0.3) is 6.08 Å². The molecule has 0 saturated carbocycles. The predicted molar refractivity (Wildman–Crippen MR) is 128 cm³/mol. The van der Waals surface area contributed by atoms with Gasteiger partial charge in [-0.15, -0.1) is 0 Å². The maximum Gasteiger partial charge on any atom is 0.203 e. The molecule has 6 nitrogen and oxygen atoms in total. The van der Waals surface area contributed by atoms with E-state index in [1.165, 1.54) is 0 Å². The van der Waals surface area contributed by atoms with Crippen molar-refractivity contribution in [2.75, 3.05) is 19.8 Å². The highest BCUT2D eigenvalue weighted by molar-refractivity contribution is 6.34. The topological polar surface area (TPSA) is 71.1 Å². The maximum absolute atomic E-state index is 13.1. The van der Waals surface area contributed by atoms with Crippen LogP contribution in [0.5, 0.6) is 23.0 Å². The molecule has 0 aromatic heterocycles. The van der Waals surface area contributed by atoms with E-state index >= 15 is 0 Å². The number of carbonyl (C=O) groups excluding carboxylic acids is 2. The summed E-state index contributed by atoms with van der Waals surface area (Å²) >= 11 is 6.43. The molecule has 0 atom stereocenters. The molecule has 1 heterocycles. The number of halogens is 1. The second kappa shape index (κ2) is 10.4. The Labute approximate surface area is 198 Å². The van der Waals surface area contributed by atoms with Crippen LogP contribution in [0.3, 0.4) is 0 Å². The molecule has 7 heteroatoms. The smallest absolute Gasteiger partial charge is 0.203 e. The highest BCUT2D eigenvalue weighted by Gasteiger charge is 2.26. The zero-order valence-electron chi connectivity index (χ0n) is 18.6. The van der Waals surface area contributed by atoms with Crippen LogP contribution in [-0.4, -0.2) is 37.5 Å². The monoisotopic (exact) mass is 468 g/mol. The van der Waals surface area contributed by atoms with Gasteiger partial charge in [-0.25, -0.2) is 0 Å². The number of hydrogen-bond donors (Lipinski definition) is 0. The molecular formula is C26H25ClO6. The van der Waals surface area contributed by atoms with E-state index in [4.69, 9.17) is 30.5 Å². The number of hydrogen-bond acceptors (Lipinski definition) is 6. The summed E-state index contributed by atoms with van der Waals surface area (Å²) in [5, 5.41) is 0.161. The molecule has 0 spiro atoms. The van der Waals surface area contributed by atoms with Crippen LogP contribution in [0, 0.1) is 0 Å². The minimum Gasteiger partial charge on any atom is -0.488 e. The first-order valence-corrected chi connectivity index (χ1v) is 10.7. The van der Waals surface area contributed by atoms with Crippen molar-refractivity contribution in [2.24, 2.45) is 0 Å². The first-order valence-electron chi connectivity index (χ1n) is 10.3. The Bertz CT molecular complexity index is 1120. The molecule has 172 valence electrons. The van der Waals surface area contributed by atoms with Crippen LogP contribution in [0.1, 0.15) is 40.1 Å². The summed E-state index contributed by atoms with van der Waals surface area (Å²) in [7, 11) is 0. The lowest BCUT2D eigenvalue weighted by molar-refractivity contribution is 0.0912. The summed E-state index contributed by atoms with van der Waals surface area (Å²) in [6, 6.07) is 6.45. The lowest BCUT2D eigenvalue weighted by Gasteiger charge is -2.29. The van der Waals surface area contributed by atoms with Gasteiger partial charge in [0.1, 0.15) is 41.1 Å². The van der Waals surface area contributed by atoms with Crippen LogP contribution >= 0.6 is 11.6 Å². The third-order valence-corrected chi connectivity index (χ3v) is 5.11. The Morgan fingerprint density at radius 3 is 2.48 bits per heavy atom. The molecule has 1 aliphatic heterocycles. The molecule has 0 aliphatic carbocycles. The zero-order valence-corrected chi connectivity index (χ0v) is 19.3. The molecule has 0 fully saturated rings. The number of fused-ring (bicyclic) bond motifs is 1. The molecule has 1 aliphatic rings. The summed E-state index contributed by atoms with van der Waals surface area (Å²) in [5.74, 6) is 0.980. The Morgan fingerprint density at radius 2 is 1.79 bits per heavy atom. The van der Waals surface area contributed by atoms with Crippen molar-refractivity contribution < 1.29 is 28.5 Å². The van der Waals surface area contributed by atoms with Crippen LogP contribution in [0.4, 0.5) is 0 Å². The minimum absolute atomic E-state index is 0.144. The van der Waals surface area contributed by atoms with Crippen LogP contribution in [-0.2, 0) is 0 Å². The quantitative estimate of drug-likeness (QED) is 0.238. The zero-order chi connectivity index (χ0) is 24.0. The molecule has 2 aromatic rings. The summed E-state index contributed by atoms with van der Waals surface area (Å²) < 4.78 is 22.9. The molecule has 0 N–H and O–H groups in total. The van der Waals surface area contributed by atoms with Crippen molar-refractivity contribution in [1.29, 1.82) is 0 Å². The number of ether oxygens (including phenoxy) is 4. The summed E-state index contributed by atoms with van der Waals surface area (Å²) in [6.07, 6.45) is 7.49. The second-order valence-electron chi connectivity index (χ2n) is 7.72. The van der Waals surface area contributed by atoms with Gasteiger partial charge in [0, 0.05) is 0 Å². The SMILES string of the molecule is C=CCOc1ccc(C(=O)COc2c(C=O)ccc3c2C=CC(C)(C)O3)c(OCC=C)c1Cl.